The van der Waals surface area contributed by atoms with Crippen LogP contribution in [0.2, 0.25) is 0 Å². The number of piperidine rings is 1. The van der Waals surface area contributed by atoms with E-state index in [0.717, 1.165) is 19.1 Å². The van der Waals surface area contributed by atoms with Gasteiger partial charge in [0.15, 0.2) is 0 Å². The monoisotopic (exact) mass is 307 g/mol. The molecular weight excluding hydrogens is 282 g/mol. The lowest BCUT2D eigenvalue weighted by molar-refractivity contribution is -0.122. The summed E-state index contributed by atoms with van der Waals surface area (Å²) in [5.74, 6) is 0.156. The van der Waals surface area contributed by atoms with E-state index in [1.54, 1.807) is 11.3 Å². The van der Waals surface area contributed by atoms with Crippen LogP contribution >= 0.6 is 11.3 Å². The number of carbonyl (C=O) groups excluding carboxylic acids is 1. The average molecular weight is 307 g/mol. The van der Waals surface area contributed by atoms with E-state index in [1.165, 1.54) is 43.6 Å². The van der Waals surface area contributed by atoms with Crippen LogP contribution in [0.25, 0.3) is 0 Å². The minimum atomic E-state index is 0.156. The first-order chi connectivity index (χ1) is 10.3. The fourth-order valence-corrected chi connectivity index (χ4v) is 4.05. The molecule has 0 aliphatic carbocycles. The van der Waals surface area contributed by atoms with Gasteiger partial charge in [-0.25, -0.2) is 0 Å². The van der Waals surface area contributed by atoms with Crippen molar-refractivity contribution in [1.82, 2.24) is 15.1 Å². The van der Waals surface area contributed by atoms with Gasteiger partial charge in [-0.3, -0.25) is 9.69 Å². The summed E-state index contributed by atoms with van der Waals surface area (Å²) < 4.78 is 0. The van der Waals surface area contributed by atoms with Crippen LogP contribution in [0.15, 0.2) is 17.5 Å². The summed E-state index contributed by atoms with van der Waals surface area (Å²) in [5.41, 5.74) is 0. The normalized spacial score (nSPS) is 21.7. The summed E-state index contributed by atoms with van der Waals surface area (Å²) in [6.45, 7) is 5.91. The Morgan fingerprint density at radius 1 is 1.24 bits per heavy atom. The molecule has 0 bridgehead atoms. The van der Waals surface area contributed by atoms with Gasteiger partial charge in [0.25, 0.3) is 0 Å². The zero-order valence-electron chi connectivity index (χ0n) is 12.6. The maximum absolute atomic E-state index is 12.0. The maximum Gasteiger partial charge on any atom is 0.234 e. The number of amides is 1. The molecule has 1 aromatic rings. The highest BCUT2D eigenvalue weighted by Crippen LogP contribution is 2.20. The lowest BCUT2D eigenvalue weighted by atomic mass is 10.0. The molecule has 3 heterocycles. The third kappa shape index (κ3) is 4.28. The molecule has 5 heteroatoms. The predicted octanol–water partition coefficient (Wildman–Crippen LogP) is 1.92. The van der Waals surface area contributed by atoms with Crippen molar-refractivity contribution in [3.8, 4) is 0 Å². The Kier molecular flexibility index (Phi) is 5.27. The van der Waals surface area contributed by atoms with Crippen LogP contribution in [0.1, 0.15) is 30.6 Å². The van der Waals surface area contributed by atoms with Crippen molar-refractivity contribution in [2.75, 3.05) is 32.7 Å². The lowest BCUT2D eigenvalue weighted by Crippen LogP contribution is -2.46. The highest BCUT2D eigenvalue weighted by Gasteiger charge is 2.26. The second-order valence-electron chi connectivity index (χ2n) is 6.11. The first kappa shape index (κ1) is 15.0. The highest BCUT2D eigenvalue weighted by molar-refractivity contribution is 7.09. The molecule has 0 radical (unpaired) electrons. The number of rotatable bonds is 5. The van der Waals surface area contributed by atoms with Crippen LogP contribution in [0.3, 0.4) is 0 Å². The molecule has 1 aromatic heterocycles. The van der Waals surface area contributed by atoms with E-state index in [4.69, 9.17) is 0 Å². The number of carbonyl (C=O) groups is 1. The van der Waals surface area contributed by atoms with Gasteiger partial charge in [-0.1, -0.05) is 6.07 Å². The number of hydrogen-bond acceptors (Lipinski definition) is 4. The van der Waals surface area contributed by atoms with Crippen molar-refractivity contribution in [3.63, 3.8) is 0 Å². The summed E-state index contributed by atoms with van der Waals surface area (Å²) in [7, 11) is 0. The van der Waals surface area contributed by atoms with Gasteiger partial charge in [0, 0.05) is 24.0 Å². The van der Waals surface area contributed by atoms with Crippen molar-refractivity contribution in [2.45, 2.75) is 38.3 Å². The third-order valence-electron chi connectivity index (χ3n) is 4.62. The quantitative estimate of drug-likeness (QED) is 0.903. The molecule has 0 saturated carbocycles. The number of likely N-dealkylation sites (tertiary alicyclic amines) is 2. The Morgan fingerprint density at radius 2 is 2.00 bits per heavy atom. The van der Waals surface area contributed by atoms with E-state index in [0.29, 0.717) is 13.1 Å². The van der Waals surface area contributed by atoms with Crippen molar-refractivity contribution in [2.24, 2.45) is 0 Å². The van der Waals surface area contributed by atoms with E-state index < -0.39 is 0 Å². The molecule has 0 atom stereocenters. The maximum atomic E-state index is 12.0. The SMILES string of the molecule is O=C(CN1CCC(N2CCCC2)CC1)NCc1cccs1. The first-order valence-corrected chi connectivity index (χ1v) is 8.95. The Hall–Kier alpha value is -0.910. The number of thiophene rings is 1. The summed E-state index contributed by atoms with van der Waals surface area (Å²) in [5, 5.41) is 5.06. The van der Waals surface area contributed by atoms with Gasteiger partial charge in [-0.2, -0.15) is 0 Å². The van der Waals surface area contributed by atoms with Crippen LogP contribution in [-0.4, -0.2) is 54.5 Å². The van der Waals surface area contributed by atoms with Crippen LogP contribution < -0.4 is 5.32 Å². The standard InChI is InChI=1S/C16H25N3OS/c20-16(17-12-15-4-3-11-21-15)13-18-9-5-14(6-10-18)19-7-1-2-8-19/h3-4,11,14H,1-2,5-10,12-13H2,(H,17,20). The lowest BCUT2D eigenvalue weighted by Gasteiger charge is -2.36. The van der Waals surface area contributed by atoms with Gasteiger partial charge in [-0.05, 0) is 50.2 Å². The number of nitrogens with zero attached hydrogens (tertiary/aromatic N) is 2. The predicted molar refractivity (Wildman–Crippen MR) is 86.4 cm³/mol. The van der Waals surface area contributed by atoms with Crippen LogP contribution in [0.4, 0.5) is 0 Å². The Labute approximate surface area is 131 Å². The molecule has 2 aliphatic heterocycles. The molecule has 0 aromatic carbocycles. The van der Waals surface area contributed by atoms with Crippen LogP contribution in [0.5, 0.6) is 0 Å². The molecule has 0 unspecified atom stereocenters. The van der Waals surface area contributed by atoms with E-state index in [9.17, 15) is 4.79 Å². The molecule has 2 aliphatic rings. The molecule has 0 spiro atoms. The summed E-state index contributed by atoms with van der Waals surface area (Å²) in [6, 6.07) is 4.85. The zero-order chi connectivity index (χ0) is 14.5. The summed E-state index contributed by atoms with van der Waals surface area (Å²) in [4.78, 5) is 18.2. The second-order valence-corrected chi connectivity index (χ2v) is 7.14. The van der Waals surface area contributed by atoms with Crippen molar-refractivity contribution in [3.05, 3.63) is 22.4 Å². The Balaban J connectivity index is 1.35. The highest BCUT2D eigenvalue weighted by atomic mass is 32.1. The molecule has 2 saturated heterocycles. The van der Waals surface area contributed by atoms with Gasteiger partial charge in [0.1, 0.15) is 0 Å². The smallest absolute Gasteiger partial charge is 0.234 e. The number of nitrogens with one attached hydrogen (secondary N) is 1. The molecule has 3 rings (SSSR count). The third-order valence-corrected chi connectivity index (χ3v) is 5.50. The van der Waals surface area contributed by atoms with Crippen LogP contribution in [0, 0.1) is 0 Å². The molecule has 4 nitrogen and oxygen atoms in total. The molecule has 21 heavy (non-hydrogen) atoms. The summed E-state index contributed by atoms with van der Waals surface area (Å²) >= 11 is 1.69. The molecule has 2 fully saturated rings. The fourth-order valence-electron chi connectivity index (χ4n) is 3.41. The van der Waals surface area contributed by atoms with Crippen molar-refractivity contribution >= 4 is 17.2 Å². The Bertz CT molecular complexity index is 434. The molecule has 116 valence electrons. The first-order valence-electron chi connectivity index (χ1n) is 8.07. The fraction of sp³-hybridized carbons (Fsp3) is 0.688. The average Bonchev–Trinajstić information content (AvgIpc) is 3.19. The topological polar surface area (TPSA) is 35.6 Å². The second kappa shape index (κ2) is 7.38. The number of hydrogen-bond donors (Lipinski definition) is 1. The minimum absolute atomic E-state index is 0.156. The molecular formula is C16H25N3OS. The zero-order valence-corrected chi connectivity index (χ0v) is 13.4. The van der Waals surface area contributed by atoms with E-state index in [2.05, 4.69) is 21.2 Å². The van der Waals surface area contributed by atoms with E-state index in [1.807, 2.05) is 11.4 Å². The summed E-state index contributed by atoms with van der Waals surface area (Å²) in [6.07, 6.45) is 5.17. The Morgan fingerprint density at radius 3 is 2.67 bits per heavy atom. The molecule has 1 amide bonds. The minimum Gasteiger partial charge on any atom is -0.350 e. The van der Waals surface area contributed by atoms with Crippen molar-refractivity contribution < 1.29 is 4.79 Å². The van der Waals surface area contributed by atoms with Gasteiger partial charge >= 0.3 is 0 Å². The van der Waals surface area contributed by atoms with Gasteiger partial charge in [0.05, 0.1) is 13.1 Å². The van der Waals surface area contributed by atoms with Gasteiger partial charge < -0.3 is 10.2 Å². The van der Waals surface area contributed by atoms with Crippen molar-refractivity contribution in [1.29, 1.82) is 0 Å². The van der Waals surface area contributed by atoms with E-state index in [-0.39, 0.29) is 5.91 Å². The molecule has 1 N–H and O–H groups in total. The van der Waals surface area contributed by atoms with Crippen LogP contribution in [-0.2, 0) is 11.3 Å². The van der Waals surface area contributed by atoms with Gasteiger partial charge in [-0.15, -0.1) is 11.3 Å². The van der Waals surface area contributed by atoms with Gasteiger partial charge in [0.2, 0.25) is 5.91 Å². The van der Waals surface area contributed by atoms with E-state index >= 15 is 0 Å². The largest absolute Gasteiger partial charge is 0.350 e.